The van der Waals surface area contributed by atoms with Crippen molar-refractivity contribution in [2.45, 2.75) is 41.0 Å². The Labute approximate surface area is 234 Å². The van der Waals surface area contributed by atoms with Gasteiger partial charge in [0.1, 0.15) is 5.69 Å². The van der Waals surface area contributed by atoms with Crippen molar-refractivity contribution in [2.75, 3.05) is 33.1 Å². The maximum absolute atomic E-state index is 12.0. The molecule has 3 aromatic carbocycles. The number of ether oxygens (including phenoxy) is 1. The lowest BCUT2D eigenvalue weighted by Crippen LogP contribution is -2.34. The van der Waals surface area contributed by atoms with Crippen molar-refractivity contribution in [1.82, 2.24) is 9.05 Å². The molecule has 4 aromatic rings. The van der Waals surface area contributed by atoms with E-state index in [1.807, 2.05) is 102 Å². The van der Waals surface area contributed by atoms with Crippen LogP contribution >= 0.6 is 0 Å². The molecule has 0 aliphatic rings. The van der Waals surface area contributed by atoms with Crippen LogP contribution in [0.1, 0.15) is 50.5 Å². The number of anilines is 1. The lowest BCUT2D eigenvalue weighted by atomic mass is 10.1. The highest BCUT2D eigenvalue weighted by Gasteiger charge is 2.12. The fraction of sp³-hybridized carbons (Fsp3) is 0.333. The van der Waals surface area contributed by atoms with Gasteiger partial charge in [-0.15, -0.1) is 0 Å². The van der Waals surface area contributed by atoms with E-state index >= 15 is 0 Å². The van der Waals surface area contributed by atoms with Crippen molar-refractivity contribution in [3.8, 4) is 0 Å². The van der Waals surface area contributed by atoms with Gasteiger partial charge in [-0.05, 0) is 61.0 Å². The number of amides is 1. The predicted octanol–water partition coefficient (Wildman–Crippen LogP) is 7.47. The molecule has 1 N–H and O–H groups in total. The summed E-state index contributed by atoms with van der Waals surface area (Å²) in [5.41, 5.74) is 4.84. The van der Waals surface area contributed by atoms with Crippen molar-refractivity contribution in [3.05, 3.63) is 96.2 Å². The number of aromatic nitrogens is 1. The maximum Gasteiger partial charge on any atom is 0.310 e. The van der Waals surface area contributed by atoms with Gasteiger partial charge < -0.3 is 14.6 Å². The first-order valence-corrected chi connectivity index (χ1v) is 13.7. The van der Waals surface area contributed by atoms with E-state index in [0.717, 1.165) is 26.6 Å². The van der Waals surface area contributed by atoms with Gasteiger partial charge in [-0.25, -0.2) is 0 Å². The Morgan fingerprint density at radius 2 is 1.46 bits per heavy atom. The molecular formula is C33H46N3O3+. The van der Waals surface area contributed by atoms with E-state index in [2.05, 4.69) is 43.2 Å². The summed E-state index contributed by atoms with van der Waals surface area (Å²) in [5.74, 6) is -0.253. The number of esters is 1. The Kier molecular flexibility index (Phi) is 14.3. The van der Waals surface area contributed by atoms with Gasteiger partial charge in [0.25, 0.3) is 5.91 Å². The summed E-state index contributed by atoms with van der Waals surface area (Å²) in [6, 6.07) is 25.2. The summed E-state index contributed by atoms with van der Waals surface area (Å²) < 4.78 is 7.73. The van der Waals surface area contributed by atoms with Crippen molar-refractivity contribution in [2.24, 2.45) is 7.05 Å². The molecule has 0 atom stereocenters. The molecule has 1 amide bonds. The predicted molar refractivity (Wildman–Crippen MR) is 166 cm³/mol. The van der Waals surface area contributed by atoms with Gasteiger partial charge in [-0.2, -0.15) is 0 Å². The summed E-state index contributed by atoms with van der Waals surface area (Å²) in [4.78, 5) is 23.3. The molecule has 1 aromatic heterocycles. The first kappa shape index (κ1) is 33.1. The summed E-state index contributed by atoms with van der Waals surface area (Å²) in [5, 5.41) is 4.03. The third kappa shape index (κ3) is 10.8. The number of fused-ring (bicyclic) bond motifs is 1. The molecule has 6 nitrogen and oxygen atoms in total. The number of hydrogen-bond acceptors (Lipinski definition) is 3. The fourth-order valence-electron chi connectivity index (χ4n) is 3.59. The number of nitrogens with zero attached hydrogens (tertiary/aromatic N) is 2. The van der Waals surface area contributed by atoms with Crippen molar-refractivity contribution >= 4 is 34.2 Å². The summed E-state index contributed by atoms with van der Waals surface area (Å²) >= 11 is 0. The summed E-state index contributed by atoms with van der Waals surface area (Å²) in [6.45, 7) is 10.3. The van der Waals surface area contributed by atoms with Crippen LogP contribution in [0.2, 0.25) is 0 Å². The number of nitrogens with one attached hydrogen (secondary N) is 1. The molecule has 0 aliphatic heterocycles. The number of benzene rings is 3. The van der Waals surface area contributed by atoms with Gasteiger partial charge in [-0.3, -0.25) is 14.1 Å². The minimum Gasteiger partial charge on any atom is -0.466 e. The number of aryl methyl sites for hydroxylation is 1. The van der Waals surface area contributed by atoms with Gasteiger partial charge in [0.2, 0.25) is 0 Å². The highest BCUT2D eigenvalue weighted by Crippen LogP contribution is 2.20. The zero-order chi connectivity index (χ0) is 29.4. The first-order valence-electron chi connectivity index (χ1n) is 13.7. The minimum absolute atomic E-state index is 0.0871. The Morgan fingerprint density at radius 1 is 0.846 bits per heavy atom. The number of hydrogen-bond donors (Lipinski definition) is 1. The van der Waals surface area contributed by atoms with Crippen LogP contribution in [-0.4, -0.2) is 44.2 Å². The number of rotatable bonds is 6. The third-order valence-electron chi connectivity index (χ3n) is 5.54. The van der Waals surface area contributed by atoms with E-state index < -0.39 is 0 Å². The Morgan fingerprint density at radius 3 is 2.03 bits per heavy atom. The van der Waals surface area contributed by atoms with Crippen LogP contribution in [0.3, 0.4) is 0 Å². The second kappa shape index (κ2) is 16.8. The molecule has 4 rings (SSSR count). The zero-order valence-corrected chi connectivity index (χ0v) is 25.1. The third-order valence-corrected chi connectivity index (χ3v) is 5.54. The minimum atomic E-state index is -0.166. The van der Waals surface area contributed by atoms with Crippen LogP contribution in [0.5, 0.6) is 0 Å². The molecule has 6 heteroatoms. The molecule has 0 spiro atoms. The fourth-order valence-corrected chi connectivity index (χ4v) is 3.59. The second-order valence-electron chi connectivity index (χ2n) is 9.18. The molecule has 0 unspecified atom stereocenters. The first-order chi connectivity index (χ1) is 18.7. The largest absolute Gasteiger partial charge is 0.466 e. The van der Waals surface area contributed by atoms with Gasteiger partial charge in [0.05, 0.1) is 34.2 Å². The Bertz CT molecular complexity index is 1270. The average molecular weight is 533 g/mol. The van der Waals surface area contributed by atoms with Crippen LogP contribution in [0, 0.1) is 0 Å². The highest BCUT2D eigenvalue weighted by atomic mass is 16.5. The Hall–Kier alpha value is -3.90. The van der Waals surface area contributed by atoms with E-state index in [1.54, 1.807) is 12.1 Å². The van der Waals surface area contributed by atoms with E-state index in [4.69, 9.17) is 4.74 Å². The van der Waals surface area contributed by atoms with Gasteiger partial charge in [0.15, 0.2) is 0 Å². The van der Waals surface area contributed by atoms with Crippen molar-refractivity contribution in [3.63, 3.8) is 0 Å². The van der Waals surface area contributed by atoms with Crippen LogP contribution in [0.4, 0.5) is 11.4 Å². The van der Waals surface area contributed by atoms with E-state index in [1.165, 1.54) is 5.69 Å². The standard InChI is InChI=1S/C16H14N2O.C13H20NO2.2C2H6/c1-18-10-9-13-11-14(7-8-15(13)18)17-16(19)12-5-3-2-4-6-12;1-5-16-13(15)10-11-6-8-12(9-7-11)14(2,3)4;2*1-2/h2-11H,1H3,(H,17,19);6-9H,5,10H2,1-4H3;2*1-2H3/q;+1;;. The molecule has 0 radical (unpaired) electrons. The molecule has 0 aliphatic carbocycles. The maximum atomic E-state index is 12.0. The lowest BCUT2D eigenvalue weighted by Gasteiger charge is -2.23. The number of carbonyl (C=O) groups is 2. The van der Waals surface area contributed by atoms with Crippen molar-refractivity contribution in [1.29, 1.82) is 0 Å². The quantitative estimate of drug-likeness (QED) is 0.207. The number of quaternary nitrogens is 1. The Balaban J connectivity index is 0.000000351. The smallest absolute Gasteiger partial charge is 0.310 e. The molecule has 0 bridgehead atoms. The van der Waals surface area contributed by atoms with E-state index in [-0.39, 0.29) is 11.9 Å². The number of carbonyl (C=O) groups excluding carboxylic acids is 2. The average Bonchev–Trinajstić information content (AvgIpc) is 3.31. The van der Waals surface area contributed by atoms with Crippen LogP contribution in [-0.2, 0) is 23.0 Å². The molecular weight excluding hydrogens is 486 g/mol. The van der Waals surface area contributed by atoms with E-state index in [0.29, 0.717) is 18.6 Å². The normalized spacial score (nSPS) is 10.1. The van der Waals surface area contributed by atoms with Crippen molar-refractivity contribution < 1.29 is 14.3 Å². The molecule has 210 valence electrons. The molecule has 0 saturated heterocycles. The zero-order valence-electron chi connectivity index (χ0n) is 25.1. The molecule has 0 saturated carbocycles. The lowest BCUT2D eigenvalue weighted by molar-refractivity contribution is -0.142. The molecule has 1 heterocycles. The van der Waals surface area contributed by atoms with Gasteiger partial charge >= 0.3 is 5.97 Å². The monoisotopic (exact) mass is 532 g/mol. The van der Waals surface area contributed by atoms with Crippen LogP contribution < -0.4 is 9.80 Å². The SMILES string of the molecule is CC.CC.CCOC(=O)Cc1ccc([N+](C)(C)C)cc1.Cn1ccc2cc(NC(=O)c3ccccc3)ccc21. The van der Waals surface area contributed by atoms with Gasteiger partial charge in [-0.1, -0.05) is 58.0 Å². The molecule has 0 fully saturated rings. The summed E-state index contributed by atoms with van der Waals surface area (Å²) in [7, 11) is 8.34. The second-order valence-corrected chi connectivity index (χ2v) is 9.18. The van der Waals surface area contributed by atoms with Crippen LogP contribution in [0.25, 0.3) is 10.9 Å². The van der Waals surface area contributed by atoms with Gasteiger partial charge in [0, 0.05) is 35.4 Å². The van der Waals surface area contributed by atoms with E-state index in [9.17, 15) is 9.59 Å². The topological polar surface area (TPSA) is 60.3 Å². The molecule has 39 heavy (non-hydrogen) atoms. The van der Waals surface area contributed by atoms with Crippen LogP contribution in [0.15, 0.2) is 85.1 Å². The summed E-state index contributed by atoms with van der Waals surface area (Å²) in [6.07, 6.45) is 2.36. The highest BCUT2D eigenvalue weighted by molar-refractivity contribution is 6.05.